The zero-order valence-electron chi connectivity index (χ0n) is 8.03. The minimum absolute atomic E-state index is 0.252. The summed E-state index contributed by atoms with van der Waals surface area (Å²) in [5.41, 5.74) is 10.3. The van der Waals surface area contributed by atoms with E-state index in [9.17, 15) is 0 Å². The van der Waals surface area contributed by atoms with E-state index in [2.05, 4.69) is 16.1 Å². The van der Waals surface area contributed by atoms with Crippen molar-refractivity contribution in [3.05, 3.63) is 5.43 Å². The fourth-order valence-corrected chi connectivity index (χ4v) is 2.19. The third-order valence-corrected chi connectivity index (χ3v) is 2.99. The number of rotatable bonds is 1. The number of hydrogen-bond acceptors (Lipinski definition) is 4. The van der Waals surface area contributed by atoms with Gasteiger partial charge < -0.3 is 26.8 Å². The lowest BCUT2D eigenvalue weighted by atomic mass is 9.90. The van der Waals surface area contributed by atoms with Crippen LogP contribution < -0.4 is 16.4 Å². The van der Waals surface area contributed by atoms with Gasteiger partial charge in [0.25, 0.3) is 0 Å². The van der Waals surface area contributed by atoms with E-state index in [1.165, 1.54) is 0 Å². The Morgan fingerprint density at radius 1 is 1.54 bits per heavy atom. The summed E-state index contributed by atoms with van der Waals surface area (Å²) in [6.07, 6.45) is 1.48. The first-order chi connectivity index (χ1) is 6.29. The molecule has 2 rings (SSSR count). The van der Waals surface area contributed by atoms with Crippen LogP contribution in [-0.2, 0) is 0 Å². The lowest BCUT2D eigenvalue weighted by molar-refractivity contribution is 0.171. The maximum atomic E-state index is 6.05. The van der Waals surface area contributed by atoms with Gasteiger partial charge in [-0.1, -0.05) is 6.67 Å². The van der Waals surface area contributed by atoms with Crippen LogP contribution in [0.5, 0.6) is 0 Å². The smallest absolute Gasteiger partial charge is 0.0457 e. The van der Waals surface area contributed by atoms with Crippen LogP contribution >= 0.6 is 0 Å². The Bertz CT molecular complexity index is 174. The molecule has 2 aliphatic rings. The highest BCUT2D eigenvalue weighted by molar-refractivity contribution is 4.95. The minimum Gasteiger partial charge on any atom is -0.581 e. The van der Waals surface area contributed by atoms with E-state index >= 15 is 0 Å². The van der Waals surface area contributed by atoms with Gasteiger partial charge in [-0.3, -0.25) is 0 Å². The van der Waals surface area contributed by atoms with E-state index in [0.29, 0.717) is 12.1 Å². The van der Waals surface area contributed by atoms with E-state index in [1.54, 1.807) is 0 Å². The van der Waals surface area contributed by atoms with Crippen molar-refractivity contribution in [3.8, 4) is 0 Å². The molecule has 0 saturated carbocycles. The lowest BCUT2D eigenvalue weighted by Crippen LogP contribution is -2.55. The van der Waals surface area contributed by atoms with Crippen molar-refractivity contribution in [2.75, 3.05) is 26.8 Å². The molecule has 5 nitrogen and oxygen atoms in total. The van der Waals surface area contributed by atoms with E-state index in [0.717, 1.165) is 26.2 Å². The number of piperidine rings is 1. The molecule has 0 aromatic heterocycles. The maximum absolute atomic E-state index is 6.05. The van der Waals surface area contributed by atoms with Crippen LogP contribution in [0.15, 0.2) is 0 Å². The Balaban J connectivity index is 1.97. The molecular weight excluding hydrogens is 166 g/mol. The predicted molar refractivity (Wildman–Crippen MR) is 51.9 cm³/mol. The fourth-order valence-electron chi connectivity index (χ4n) is 2.19. The monoisotopic (exact) mass is 184 g/mol. The van der Waals surface area contributed by atoms with Gasteiger partial charge in [0, 0.05) is 24.7 Å². The lowest BCUT2D eigenvalue weighted by Gasteiger charge is -2.40. The van der Waals surface area contributed by atoms with Crippen molar-refractivity contribution >= 4 is 0 Å². The first-order valence-electron chi connectivity index (χ1n) is 4.89. The van der Waals surface area contributed by atoms with E-state index < -0.39 is 0 Å². The van der Waals surface area contributed by atoms with Gasteiger partial charge >= 0.3 is 0 Å². The molecule has 0 aromatic carbocycles. The average molecular weight is 184 g/mol. The first-order valence-corrected chi connectivity index (χ1v) is 4.89. The highest BCUT2D eigenvalue weighted by Crippen LogP contribution is 2.22. The Kier molecular flexibility index (Phi) is 2.80. The van der Waals surface area contributed by atoms with E-state index in [4.69, 9.17) is 5.73 Å². The molecule has 2 saturated heterocycles. The molecule has 0 spiro atoms. The van der Waals surface area contributed by atoms with Crippen molar-refractivity contribution in [2.45, 2.75) is 18.6 Å². The Morgan fingerprint density at radius 3 is 3.00 bits per heavy atom. The normalized spacial score (nSPS) is 42.5. The van der Waals surface area contributed by atoms with Gasteiger partial charge in [-0.2, -0.15) is 0 Å². The molecule has 0 aliphatic carbocycles. The van der Waals surface area contributed by atoms with Crippen molar-refractivity contribution in [2.24, 2.45) is 11.7 Å². The Labute approximate surface area is 79.0 Å². The van der Waals surface area contributed by atoms with Crippen LogP contribution in [0.3, 0.4) is 0 Å². The molecule has 5 heteroatoms. The van der Waals surface area contributed by atoms with Crippen molar-refractivity contribution in [3.63, 3.8) is 0 Å². The molecule has 0 radical (unpaired) electrons. The largest absolute Gasteiger partial charge is 0.581 e. The molecule has 3 unspecified atom stereocenters. The van der Waals surface area contributed by atoms with Gasteiger partial charge in [0.05, 0.1) is 0 Å². The molecule has 2 fully saturated rings. The van der Waals surface area contributed by atoms with E-state index in [-0.39, 0.29) is 6.04 Å². The summed E-state index contributed by atoms with van der Waals surface area (Å²) < 4.78 is 0. The second kappa shape index (κ2) is 3.89. The number of nitrogens with two attached hydrogens (primary N) is 1. The maximum Gasteiger partial charge on any atom is 0.0457 e. The number of nitrogens with zero attached hydrogens (tertiary/aromatic N) is 2. The summed E-state index contributed by atoms with van der Waals surface area (Å²) in [6, 6.07) is 0.252. The first kappa shape index (κ1) is 9.36. The minimum atomic E-state index is 0.252. The zero-order valence-corrected chi connectivity index (χ0v) is 8.03. The molecule has 13 heavy (non-hydrogen) atoms. The summed E-state index contributed by atoms with van der Waals surface area (Å²) in [4.78, 5) is 0. The summed E-state index contributed by atoms with van der Waals surface area (Å²) >= 11 is 0. The molecule has 2 aliphatic heterocycles. The van der Waals surface area contributed by atoms with Crippen LogP contribution in [0.2, 0.25) is 0 Å². The van der Waals surface area contributed by atoms with Crippen molar-refractivity contribution in [1.82, 2.24) is 15.6 Å². The molecule has 3 atom stereocenters. The number of hydrogen-bond donors (Lipinski definition) is 3. The van der Waals surface area contributed by atoms with Gasteiger partial charge in [-0.25, -0.2) is 0 Å². The zero-order chi connectivity index (χ0) is 9.26. The van der Waals surface area contributed by atoms with Gasteiger partial charge in [0.2, 0.25) is 0 Å². The molecule has 4 N–H and O–H groups in total. The second-order valence-electron chi connectivity index (χ2n) is 3.84. The Morgan fingerprint density at radius 2 is 2.38 bits per heavy atom. The van der Waals surface area contributed by atoms with Crippen LogP contribution in [0.25, 0.3) is 5.43 Å². The van der Waals surface area contributed by atoms with Crippen LogP contribution in [-0.4, -0.2) is 44.0 Å². The summed E-state index contributed by atoms with van der Waals surface area (Å²) in [5, 5.41) is 8.67. The standard InChI is InChI=1S/C8H18N5/c1-13-8(11-5-12-13)6-2-3-10-4-7(6)9/h6-8,10-11H,2-5,9H2,1H3/q-1. The highest BCUT2D eigenvalue weighted by Gasteiger charge is 2.30. The highest BCUT2D eigenvalue weighted by atomic mass is 15.6. The van der Waals surface area contributed by atoms with Gasteiger partial charge in [0.1, 0.15) is 0 Å². The molecule has 2 heterocycles. The molecular formula is C8H18N5-. The van der Waals surface area contributed by atoms with Crippen LogP contribution in [0, 0.1) is 5.92 Å². The van der Waals surface area contributed by atoms with E-state index in [1.807, 2.05) is 12.1 Å². The van der Waals surface area contributed by atoms with Gasteiger partial charge in [-0.15, -0.1) is 0 Å². The number of nitrogens with one attached hydrogen (secondary N) is 2. The Hall–Kier alpha value is -0.200. The van der Waals surface area contributed by atoms with Gasteiger partial charge in [0.15, 0.2) is 0 Å². The quantitative estimate of drug-likeness (QED) is 0.490. The SMILES string of the molecule is CN1[N-]CNC1C1CCNCC1N. The molecule has 76 valence electrons. The third kappa shape index (κ3) is 1.84. The summed E-state index contributed by atoms with van der Waals surface area (Å²) in [6.45, 7) is 2.74. The molecule has 0 aromatic rings. The topological polar surface area (TPSA) is 67.4 Å². The fraction of sp³-hybridized carbons (Fsp3) is 1.00. The second-order valence-corrected chi connectivity index (χ2v) is 3.84. The average Bonchev–Trinajstić information content (AvgIpc) is 2.52. The van der Waals surface area contributed by atoms with Gasteiger partial charge in [-0.05, 0) is 20.0 Å². The van der Waals surface area contributed by atoms with Crippen LogP contribution in [0.1, 0.15) is 6.42 Å². The summed E-state index contributed by atoms with van der Waals surface area (Å²) in [5.74, 6) is 0.525. The third-order valence-electron chi connectivity index (χ3n) is 2.99. The molecule has 0 bridgehead atoms. The van der Waals surface area contributed by atoms with Crippen molar-refractivity contribution in [1.29, 1.82) is 0 Å². The summed E-state index contributed by atoms with van der Waals surface area (Å²) in [7, 11) is 2.01. The van der Waals surface area contributed by atoms with Crippen LogP contribution in [0.4, 0.5) is 0 Å². The van der Waals surface area contributed by atoms with Crippen molar-refractivity contribution < 1.29 is 0 Å². The predicted octanol–water partition coefficient (Wildman–Crippen LogP) is -0.969. The molecule has 0 amide bonds.